The van der Waals surface area contributed by atoms with E-state index in [0.29, 0.717) is 17.7 Å². The second-order valence-electron chi connectivity index (χ2n) is 6.49. The number of esters is 1. The predicted molar refractivity (Wildman–Crippen MR) is 99.4 cm³/mol. The van der Waals surface area contributed by atoms with Crippen molar-refractivity contribution in [3.05, 3.63) is 58.7 Å². The van der Waals surface area contributed by atoms with Crippen molar-refractivity contribution in [3.8, 4) is 0 Å². The molecule has 138 valence electrons. The standard InChI is InChI=1S/C19H22N2O4S/c1-12-6-8-15(11-17(12)19(22)25-2)26(23,24)21-18-5-3-4-13-10-14(20)7-9-16(13)18/h6-11,18,21H,3-5,20H2,1-2H3. The van der Waals surface area contributed by atoms with E-state index in [-0.39, 0.29) is 16.5 Å². The summed E-state index contributed by atoms with van der Waals surface area (Å²) in [4.78, 5) is 11.9. The van der Waals surface area contributed by atoms with Crippen LogP contribution >= 0.6 is 0 Å². The molecule has 6 nitrogen and oxygen atoms in total. The number of benzene rings is 2. The molecule has 0 fully saturated rings. The van der Waals surface area contributed by atoms with E-state index in [2.05, 4.69) is 4.72 Å². The SMILES string of the molecule is COC(=O)c1cc(S(=O)(=O)NC2CCCc3cc(N)ccc32)ccc1C. The summed E-state index contributed by atoms with van der Waals surface area (Å²) in [6.07, 6.45) is 2.48. The fourth-order valence-electron chi connectivity index (χ4n) is 3.31. The Bertz CT molecular complexity index is 954. The number of nitrogen functional groups attached to an aromatic ring is 1. The summed E-state index contributed by atoms with van der Waals surface area (Å²) >= 11 is 0. The van der Waals surface area contributed by atoms with Crippen molar-refractivity contribution in [1.82, 2.24) is 4.72 Å². The molecule has 1 unspecified atom stereocenters. The first kappa shape index (κ1) is 18.4. The topological polar surface area (TPSA) is 98.5 Å². The number of sulfonamides is 1. The van der Waals surface area contributed by atoms with Crippen LogP contribution < -0.4 is 10.5 Å². The maximum absolute atomic E-state index is 12.9. The molecule has 0 aliphatic heterocycles. The monoisotopic (exact) mass is 374 g/mol. The van der Waals surface area contributed by atoms with Gasteiger partial charge in [0, 0.05) is 11.7 Å². The molecule has 0 saturated heterocycles. The first-order chi connectivity index (χ1) is 12.3. The highest BCUT2D eigenvalue weighted by Gasteiger charge is 2.26. The Morgan fingerprint density at radius 3 is 2.73 bits per heavy atom. The minimum atomic E-state index is -3.78. The van der Waals surface area contributed by atoms with Crippen LogP contribution in [-0.4, -0.2) is 21.5 Å². The fraction of sp³-hybridized carbons (Fsp3) is 0.316. The maximum Gasteiger partial charge on any atom is 0.338 e. The van der Waals surface area contributed by atoms with Crippen LogP contribution in [0, 0.1) is 6.92 Å². The lowest BCUT2D eigenvalue weighted by Crippen LogP contribution is -2.31. The van der Waals surface area contributed by atoms with Gasteiger partial charge in [0.2, 0.25) is 10.0 Å². The van der Waals surface area contributed by atoms with Gasteiger partial charge in [0.15, 0.2) is 0 Å². The van der Waals surface area contributed by atoms with E-state index in [4.69, 9.17) is 10.5 Å². The van der Waals surface area contributed by atoms with E-state index in [1.165, 1.54) is 19.2 Å². The maximum atomic E-state index is 12.9. The number of anilines is 1. The number of carbonyl (C=O) groups excluding carboxylic acids is 1. The number of aryl methyl sites for hydroxylation is 2. The zero-order valence-electron chi connectivity index (χ0n) is 14.8. The molecule has 0 spiro atoms. The normalized spacial score (nSPS) is 16.8. The molecule has 26 heavy (non-hydrogen) atoms. The Hall–Kier alpha value is -2.38. The summed E-state index contributed by atoms with van der Waals surface area (Å²) in [5.41, 5.74) is 9.44. The molecule has 0 heterocycles. The highest BCUT2D eigenvalue weighted by atomic mass is 32.2. The van der Waals surface area contributed by atoms with Crippen LogP contribution in [-0.2, 0) is 21.2 Å². The summed E-state index contributed by atoms with van der Waals surface area (Å²) in [7, 11) is -2.51. The first-order valence-electron chi connectivity index (χ1n) is 8.41. The quantitative estimate of drug-likeness (QED) is 0.633. The minimum absolute atomic E-state index is 0.0473. The minimum Gasteiger partial charge on any atom is -0.465 e. The Labute approximate surface area is 153 Å². The third kappa shape index (κ3) is 3.59. The molecule has 1 aliphatic carbocycles. The molecule has 0 bridgehead atoms. The largest absolute Gasteiger partial charge is 0.465 e. The number of fused-ring (bicyclic) bond motifs is 1. The molecule has 0 saturated carbocycles. The second kappa shape index (κ2) is 7.09. The number of ether oxygens (including phenoxy) is 1. The molecule has 2 aromatic rings. The van der Waals surface area contributed by atoms with Crippen molar-refractivity contribution in [2.45, 2.75) is 37.1 Å². The van der Waals surface area contributed by atoms with Gasteiger partial charge in [0.1, 0.15) is 0 Å². The van der Waals surface area contributed by atoms with Crippen molar-refractivity contribution >= 4 is 21.7 Å². The van der Waals surface area contributed by atoms with Crippen LogP contribution in [0.2, 0.25) is 0 Å². The van der Waals surface area contributed by atoms with Crippen molar-refractivity contribution in [1.29, 1.82) is 0 Å². The van der Waals surface area contributed by atoms with Gasteiger partial charge in [-0.3, -0.25) is 0 Å². The molecule has 3 rings (SSSR count). The van der Waals surface area contributed by atoms with Crippen molar-refractivity contribution in [3.63, 3.8) is 0 Å². The molecule has 0 radical (unpaired) electrons. The summed E-state index contributed by atoms with van der Waals surface area (Å²) in [5.74, 6) is -0.557. The molecular formula is C19H22N2O4S. The highest BCUT2D eigenvalue weighted by molar-refractivity contribution is 7.89. The Kier molecular flexibility index (Phi) is 5.02. The second-order valence-corrected chi connectivity index (χ2v) is 8.21. The Balaban J connectivity index is 1.93. The van der Waals surface area contributed by atoms with Gasteiger partial charge in [0.25, 0.3) is 0 Å². The highest BCUT2D eigenvalue weighted by Crippen LogP contribution is 2.32. The fourth-order valence-corrected chi connectivity index (χ4v) is 4.59. The van der Waals surface area contributed by atoms with Gasteiger partial charge >= 0.3 is 5.97 Å². The van der Waals surface area contributed by atoms with Crippen LogP contribution in [0.15, 0.2) is 41.3 Å². The number of nitrogens with one attached hydrogen (secondary N) is 1. The number of hydrogen-bond acceptors (Lipinski definition) is 5. The van der Waals surface area contributed by atoms with Crippen LogP contribution in [0.25, 0.3) is 0 Å². The third-order valence-electron chi connectivity index (χ3n) is 4.70. The summed E-state index contributed by atoms with van der Waals surface area (Å²) in [6.45, 7) is 1.73. The molecule has 0 amide bonds. The van der Waals surface area contributed by atoms with Gasteiger partial charge in [-0.1, -0.05) is 12.1 Å². The molecule has 0 aromatic heterocycles. The smallest absolute Gasteiger partial charge is 0.338 e. The molecule has 2 aromatic carbocycles. The average Bonchev–Trinajstić information content (AvgIpc) is 2.61. The lowest BCUT2D eigenvalue weighted by Gasteiger charge is -2.26. The first-order valence-corrected chi connectivity index (χ1v) is 9.90. The molecule has 1 atom stereocenters. The van der Waals surface area contributed by atoms with Gasteiger partial charge in [0.05, 0.1) is 17.6 Å². The van der Waals surface area contributed by atoms with E-state index in [0.717, 1.165) is 24.0 Å². The molecule has 1 aliphatic rings. The van der Waals surface area contributed by atoms with Crippen molar-refractivity contribution < 1.29 is 17.9 Å². The van der Waals surface area contributed by atoms with Gasteiger partial charge in [-0.25, -0.2) is 17.9 Å². The average molecular weight is 374 g/mol. The Morgan fingerprint density at radius 2 is 2.00 bits per heavy atom. The van der Waals surface area contributed by atoms with Crippen molar-refractivity contribution in [2.75, 3.05) is 12.8 Å². The van der Waals surface area contributed by atoms with Gasteiger partial charge in [-0.05, 0) is 67.1 Å². The summed E-state index contributed by atoms with van der Waals surface area (Å²) in [5, 5.41) is 0. The lowest BCUT2D eigenvalue weighted by molar-refractivity contribution is 0.0599. The van der Waals surface area contributed by atoms with Gasteiger partial charge in [-0.15, -0.1) is 0 Å². The molecular weight excluding hydrogens is 352 g/mol. The third-order valence-corrected chi connectivity index (χ3v) is 6.17. The van der Waals surface area contributed by atoms with E-state index in [1.807, 2.05) is 12.1 Å². The molecule has 3 N–H and O–H groups in total. The summed E-state index contributed by atoms with van der Waals surface area (Å²) in [6, 6.07) is 9.71. The Morgan fingerprint density at radius 1 is 1.23 bits per heavy atom. The number of methoxy groups -OCH3 is 1. The van der Waals surface area contributed by atoms with E-state index in [1.54, 1.807) is 19.1 Å². The van der Waals surface area contributed by atoms with Crippen LogP contribution in [0.3, 0.4) is 0 Å². The number of nitrogens with two attached hydrogens (primary N) is 1. The molecule has 7 heteroatoms. The van der Waals surface area contributed by atoms with E-state index < -0.39 is 16.0 Å². The van der Waals surface area contributed by atoms with Crippen LogP contribution in [0.5, 0.6) is 0 Å². The zero-order valence-corrected chi connectivity index (χ0v) is 15.6. The predicted octanol–water partition coefficient (Wildman–Crippen LogP) is 2.72. The lowest BCUT2D eigenvalue weighted by atomic mass is 9.88. The zero-order chi connectivity index (χ0) is 18.9. The van der Waals surface area contributed by atoms with Gasteiger partial charge in [-0.2, -0.15) is 0 Å². The van der Waals surface area contributed by atoms with Gasteiger partial charge < -0.3 is 10.5 Å². The van der Waals surface area contributed by atoms with Crippen LogP contribution in [0.4, 0.5) is 5.69 Å². The van der Waals surface area contributed by atoms with E-state index in [9.17, 15) is 13.2 Å². The number of rotatable bonds is 4. The number of carbonyl (C=O) groups is 1. The number of hydrogen-bond donors (Lipinski definition) is 2. The van der Waals surface area contributed by atoms with Crippen LogP contribution in [0.1, 0.15) is 45.9 Å². The van der Waals surface area contributed by atoms with Crippen molar-refractivity contribution in [2.24, 2.45) is 0 Å². The van der Waals surface area contributed by atoms with E-state index >= 15 is 0 Å². The summed E-state index contributed by atoms with van der Waals surface area (Å²) < 4.78 is 33.2.